The van der Waals surface area contributed by atoms with Gasteiger partial charge in [-0.3, -0.25) is 9.59 Å². The normalized spacial score (nSPS) is 18.6. The average molecular weight is 434 g/mol. The van der Waals surface area contributed by atoms with Crippen LogP contribution in [0.1, 0.15) is 11.3 Å². The summed E-state index contributed by atoms with van der Waals surface area (Å²) >= 11 is 8.90. The Labute approximate surface area is 173 Å². The number of thiophene rings is 1. The second-order valence-corrected chi connectivity index (χ2v) is 9.72. The van der Waals surface area contributed by atoms with Crippen molar-refractivity contribution in [3.8, 4) is 0 Å². The van der Waals surface area contributed by atoms with E-state index in [1.54, 1.807) is 16.2 Å². The van der Waals surface area contributed by atoms with Gasteiger partial charge in [0.25, 0.3) is 5.91 Å². The van der Waals surface area contributed by atoms with Crippen molar-refractivity contribution in [1.82, 2.24) is 9.88 Å². The lowest BCUT2D eigenvalue weighted by atomic mass is 10.3. The van der Waals surface area contributed by atoms with Gasteiger partial charge in [-0.15, -0.1) is 24.0 Å². The van der Waals surface area contributed by atoms with Crippen molar-refractivity contribution in [2.75, 3.05) is 11.9 Å². The third-order valence-corrected chi connectivity index (χ3v) is 7.29. The number of nitrogens with zero attached hydrogens (tertiary/aromatic N) is 2. The molecule has 1 atom stereocenters. The zero-order valence-electron chi connectivity index (χ0n) is 14.0. The monoisotopic (exact) mass is 433 g/mol. The standard InChI is InChI=1S/C18H15N3O2S4/c22-15(20-17-19-12-5-1-2-6-13(12)26-17)7-8-21-16(23)14(27-18(21)24)10-11-4-3-9-25-11/h1-6,9-10,18,24H,7-8H2,(H,19,20,22)/b14-10-. The number of thiol groups is 1. The topological polar surface area (TPSA) is 62.3 Å². The van der Waals surface area contributed by atoms with Crippen LogP contribution < -0.4 is 5.32 Å². The van der Waals surface area contributed by atoms with Crippen LogP contribution in [0.5, 0.6) is 0 Å². The second kappa shape index (κ2) is 8.05. The number of carbonyl (C=O) groups excluding carboxylic acids is 2. The Balaban J connectivity index is 1.36. The average Bonchev–Trinajstić information content (AvgIpc) is 3.34. The first kappa shape index (κ1) is 18.5. The Hall–Kier alpha value is -1.81. The minimum atomic E-state index is -0.279. The quantitative estimate of drug-likeness (QED) is 0.459. The van der Waals surface area contributed by atoms with E-state index in [0.717, 1.165) is 15.1 Å². The van der Waals surface area contributed by atoms with E-state index in [9.17, 15) is 9.59 Å². The molecule has 138 valence electrons. The predicted molar refractivity (Wildman–Crippen MR) is 117 cm³/mol. The maximum absolute atomic E-state index is 12.6. The van der Waals surface area contributed by atoms with Crippen molar-refractivity contribution in [3.63, 3.8) is 0 Å². The summed E-state index contributed by atoms with van der Waals surface area (Å²) in [7, 11) is 0. The Kier molecular flexibility index (Phi) is 5.53. The summed E-state index contributed by atoms with van der Waals surface area (Å²) < 4.78 is 0.747. The Morgan fingerprint density at radius 2 is 2.15 bits per heavy atom. The molecule has 4 rings (SSSR count). The van der Waals surface area contributed by atoms with E-state index >= 15 is 0 Å². The smallest absolute Gasteiger partial charge is 0.261 e. The van der Waals surface area contributed by atoms with Crippen LogP contribution >= 0.6 is 47.1 Å². The van der Waals surface area contributed by atoms with Gasteiger partial charge in [0.1, 0.15) is 4.71 Å². The number of benzene rings is 1. The highest BCUT2D eigenvalue weighted by atomic mass is 32.2. The van der Waals surface area contributed by atoms with Crippen LogP contribution in [-0.4, -0.2) is 32.9 Å². The number of hydrogen-bond acceptors (Lipinski definition) is 7. The number of thiazole rings is 1. The fourth-order valence-electron chi connectivity index (χ4n) is 2.61. The molecule has 1 N–H and O–H groups in total. The third-order valence-electron chi connectivity index (χ3n) is 3.91. The summed E-state index contributed by atoms with van der Waals surface area (Å²) in [6, 6.07) is 11.6. The summed E-state index contributed by atoms with van der Waals surface area (Å²) in [6.45, 7) is 0.318. The number of anilines is 1. The molecule has 1 saturated heterocycles. The van der Waals surface area contributed by atoms with Crippen LogP contribution in [0, 0.1) is 0 Å². The fraction of sp³-hybridized carbons (Fsp3) is 0.167. The molecule has 3 aromatic rings. The van der Waals surface area contributed by atoms with Gasteiger partial charge in [-0.25, -0.2) is 4.98 Å². The first-order chi connectivity index (χ1) is 13.1. The van der Waals surface area contributed by atoms with E-state index in [4.69, 9.17) is 0 Å². The molecule has 0 bridgehead atoms. The third kappa shape index (κ3) is 4.21. The lowest BCUT2D eigenvalue weighted by Gasteiger charge is -2.18. The van der Waals surface area contributed by atoms with Crippen LogP contribution in [0.3, 0.4) is 0 Å². The van der Waals surface area contributed by atoms with Gasteiger partial charge >= 0.3 is 0 Å². The zero-order chi connectivity index (χ0) is 18.8. The van der Waals surface area contributed by atoms with E-state index in [-0.39, 0.29) is 22.9 Å². The molecule has 0 radical (unpaired) electrons. The molecule has 27 heavy (non-hydrogen) atoms. The summed E-state index contributed by atoms with van der Waals surface area (Å²) in [5.74, 6) is -0.246. The maximum Gasteiger partial charge on any atom is 0.261 e. The van der Waals surface area contributed by atoms with Gasteiger partial charge in [-0.1, -0.05) is 41.3 Å². The summed E-state index contributed by atoms with van der Waals surface area (Å²) in [6.07, 6.45) is 2.08. The maximum atomic E-state index is 12.6. The molecule has 1 unspecified atom stereocenters. The predicted octanol–water partition coefficient (Wildman–Crippen LogP) is 4.52. The number of nitrogens with one attached hydrogen (secondary N) is 1. The second-order valence-electron chi connectivity index (χ2n) is 5.75. The first-order valence-electron chi connectivity index (χ1n) is 8.16. The fourth-order valence-corrected chi connectivity index (χ4v) is 5.75. The van der Waals surface area contributed by atoms with Crippen molar-refractivity contribution < 1.29 is 9.59 Å². The highest BCUT2D eigenvalue weighted by Gasteiger charge is 2.34. The van der Waals surface area contributed by atoms with Crippen molar-refractivity contribution in [1.29, 1.82) is 0 Å². The SMILES string of the molecule is O=C(CCN1C(=O)/C(=C/c2cccs2)SC1S)Nc1nc2ccccc2s1. The Morgan fingerprint density at radius 1 is 1.30 bits per heavy atom. The number of para-hydroxylation sites is 1. The molecule has 2 amide bonds. The lowest BCUT2D eigenvalue weighted by Crippen LogP contribution is -2.32. The molecule has 1 aliphatic heterocycles. The van der Waals surface area contributed by atoms with Crippen LogP contribution in [0.2, 0.25) is 0 Å². The van der Waals surface area contributed by atoms with E-state index < -0.39 is 0 Å². The van der Waals surface area contributed by atoms with Crippen LogP contribution in [0.4, 0.5) is 5.13 Å². The Morgan fingerprint density at radius 3 is 2.93 bits per heavy atom. The molecule has 2 aromatic heterocycles. The molecule has 0 aliphatic carbocycles. The van der Waals surface area contributed by atoms with Crippen LogP contribution in [0.25, 0.3) is 16.3 Å². The van der Waals surface area contributed by atoms with E-state index in [1.165, 1.54) is 23.1 Å². The van der Waals surface area contributed by atoms with Crippen LogP contribution in [0.15, 0.2) is 46.7 Å². The number of fused-ring (bicyclic) bond motifs is 1. The van der Waals surface area contributed by atoms with E-state index in [0.29, 0.717) is 16.6 Å². The number of hydrogen-bond donors (Lipinski definition) is 2. The number of thioether (sulfide) groups is 1. The Bertz CT molecular complexity index is 980. The molecular weight excluding hydrogens is 418 g/mol. The van der Waals surface area contributed by atoms with E-state index in [1.807, 2.05) is 47.9 Å². The van der Waals surface area contributed by atoms with E-state index in [2.05, 4.69) is 22.9 Å². The zero-order valence-corrected chi connectivity index (χ0v) is 17.3. The molecular formula is C18H15N3O2S4. The number of aromatic nitrogens is 1. The molecule has 9 heteroatoms. The molecule has 0 saturated carbocycles. The summed E-state index contributed by atoms with van der Waals surface area (Å²) in [5, 5.41) is 5.36. The summed E-state index contributed by atoms with van der Waals surface area (Å²) in [4.78, 5) is 32.5. The molecule has 1 aliphatic rings. The van der Waals surface area contributed by atoms with Gasteiger partial charge in [-0.2, -0.15) is 0 Å². The molecule has 1 fully saturated rings. The van der Waals surface area contributed by atoms with Crippen molar-refractivity contribution in [2.24, 2.45) is 0 Å². The minimum absolute atomic E-state index is 0.0822. The molecule has 1 aromatic carbocycles. The van der Waals surface area contributed by atoms with Crippen molar-refractivity contribution >= 4 is 80.3 Å². The van der Waals surface area contributed by atoms with Gasteiger partial charge in [0.2, 0.25) is 5.91 Å². The highest BCUT2D eigenvalue weighted by Crippen LogP contribution is 2.38. The van der Waals surface area contributed by atoms with Crippen LogP contribution in [-0.2, 0) is 9.59 Å². The first-order valence-corrected chi connectivity index (χ1v) is 11.3. The minimum Gasteiger partial charge on any atom is -0.316 e. The summed E-state index contributed by atoms with van der Waals surface area (Å²) in [5.41, 5.74) is 0.864. The van der Waals surface area contributed by atoms with Gasteiger partial charge in [0.15, 0.2) is 5.13 Å². The molecule has 5 nitrogen and oxygen atoms in total. The van der Waals surface area contributed by atoms with Gasteiger partial charge in [-0.05, 0) is 29.7 Å². The highest BCUT2D eigenvalue weighted by molar-refractivity contribution is 8.14. The van der Waals surface area contributed by atoms with Gasteiger partial charge < -0.3 is 10.2 Å². The molecule has 3 heterocycles. The number of rotatable bonds is 5. The number of amides is 2. The van der Waals surface area contributed by atoms with Gasteiger partial charge in [0.05, 0.1) is 15.1 Å². The van der Waals surface area contributed by atoms with Gasteiger partial charge in [0, 0.05) is 17.8 Å². The molecule has 0 spiro atoms. The lowest BCUT2D eigenvalue weighted by molar-refractivity contribution is -0.125. The number of carbonyl (C=O) groups is 2. The van der Waals surface area contributed by atoms with Crippen molar-refractivity contribution in [2.45, 2.75) is 11.1 Å². The largest absolute Gasteiger partial charge is 0.316 e. The van der Waals surface area contributed by atoms with Crippen molar-refractivity contribution in [3.05, 3.63) is 51.6 Å².